The van der Waals surface area contributed by atoms with Crippen LogP contribution in [0, 0.1) is 5.41 Å². The van der Waals surface area contributed by atoms with Gasteiger partial charge in [-0.15, -0.1) is 0 Å². The topological polar surface area (TPSA) is 74.7 Å². The summed E-state index contributed by atoms with van der Waals surface area (Å²) < 4.78 is 16.8. The highest BCUT2D eigenvalue weighted by atomic mass is 16.5. The maximum absolute atomic E-state index is 13.4. The second-order valence-corrected chi connectivity index (χ2v) is 8.87. The van der Waals surface area contributed by atoms with Gasteiger partial charge in [0.05, 0.1) is 37.3 Å². The van der Waals surface area contributed by atoms with Crippen molar-refractivity contribution in [1.82, 2.24) is 4.98 Å². The van der Waals surface area contributed by atoms with Gasteiger partial charge >= 0.3 is 5.97 Å². The molecule has 0 fully saturated rings. The number of rotatable bonds is 8. The monoisotopic (exact) mass is 439 g/mol. The van der Waals surface area contributed by atoms with Crippen LogP contribution in [0.25, 0.3) is 11.1 Å². The van der Waals surface area contributed by atoms with Crippen LogP contribution in [0.4, 0.5) is 0 Å². The van der Waals surface area contributed by atoms with E-state index in [0.29, 0.717) is 58.8 Å². The third-order valence-electron chi connectivity index (χ3n) is 5.74. The van der Waals surface area contributed by atoms with Gasteiger partial charge in [0.15, 0.2) is 5.78 Å². The van der Waals surface area contributed by atoms with Crippen molar-refractivity contribution in [3.05, 3.63) is 46.8 Å². The molecule has 0 bridgehead atoms. The number of esters is 1. The first-order valence-corrected chi connectivity index (χ1v) is 11.3. The molecule has 0 saturated carbocycles. The number of para-hydroxylation sites is 1. The largest absolute Gasteiger partial charge is 0.496 e. The molecule has 6 heteroatoms. The van der Waals surface area contributed by atoms with Crippen LogP contribution in [0.1, 0.15) is 79.1 Å². The highest BCUT2D eigenvalue weighted by Gasteiger charge is 2.35. The summed E-state index contributed by atoms with van der Waals surface area (Å²) in [6.07, 6.45) is 2.65. The number of Topliss-reactive ketones (excluding diaryl/α,β-unsaturated/α-hetero) is 1. The number of ketones is 1. The van der Waals surface area contributed by atoms with Crippen LogP contribution in [0.3, 0.4) is 0 Å². The van der Waals surface area contributed by atoms with Gasteiger partial charge in [0.2, 0.25) is 0 Å². The molecule has 1 aromatic carbocycles. The highest BCUT2D eigenvalue weighted by Crippen LogP contribution is 2.42. The van der Waals surface area contributed by atoms with Crippen LogP contribution in [-0.4, -0.2) is 37.1 Å². The second kappa shape index (κ2) is 10.3. The number of aromatic nitrogens is 1. The van der Waals surface area contributed by atoms with Gasteiger partial charge in [-0.25, -0.2) is 4.79 Å². The van der Waals surface area contributed by atoms with E-state index in [0.717, 1.165) is 12.8 Å². The van der Waals surface area contributed by atoms with E-state index in [1.807, 2.05) is 31.2 Å². The normalized spacial score (nSPS) is 15.1. The number of carbonyl (C=O) groups excluding carboxylic acids is 2. The smallest absolute Gasteiger partial charge is 0.340 e. The molecule has 1 aliphatic rings. The molecule has 1 heterocycles. The summed E-state index contributed by atoms with van der Waals surface area (Å²) in [4.78, 5) is 31.5. The van der Waals surface area contributed by atoms with Gasteiger partial charge in [0.25, 0.3) is 0 Å². The average molecular weight is 440 g/mol. The Bertz CT molecular complexity index is 996. The molecule has 0 saturated heterocycles. The van der Waals surface area contributed by atoms with Gasteiger partial charge in [0.1, 0.15) is 5.75 Å². The van der Waals surface area contributed by atoms with Crippen LogP contribution >= 0.6 is 0 Å². The molecule has 0 unspecified atom stereocenters. The predicted molar refractivity (Wildman–Crippen MR) is 123 cm³/mol. The van der Waals surface area contributed by atoms with Gasteiger partial charge in [-0.3, -0.25) is 9.78 Å². The van der Waals surface area contributed by atoms with Gasteiger partial charge in [-0.2, -0.15) is 0 Å². The lowest BCUT2D eigenvalue weighted by Gasteiger charge is -2.23. The number of fused-ring (bicyclic) bond motifs is 1. The van der Waals surface area contributed by atoms with E-state index in [1.165, 1.54) is 0 Å². The molecule has 0 atom stereocenters. The molecular weight excluding hydrogens is 406 g/mol. The van der Waals surface area contributed by atoms with Crippen molar-refractivity contribution in [2.75, 3.05) is 20.3 Å². The van der Waals surface area contributed by atoms with Crippen molar-refractivity contribution in [3.63, 3.8) is 0 Å². The molecule has 0 amide bonds. The minimum atomic E-state index is -0.505. The zero-order valence-corrected chi connectivity index (χ0v) is 19.7. The minimum Gasteiger partial charge on any atom is -0.496 e. The number of benzene rings is 1. The Kier molecular flexibility index (Phi) is 7.67. The SMILES string of the molecule is CCCOCc1nc2c(c(-c3ccccc3OC)c1C(=O)OCC)C(=O)CCC(C)(C)C2. The summed E-state index contributed by atoms with van der Waals surface area (Å²) in [5.41, 5.74) is 3.15. The van der Waals surface area contributed by atoms with Crippen molar-refractivity contribution in [2.45, 2.75) is 60.0 Å². The van der Waals surface area contributed by atoms with Gasteiger partial charge < -0.3 is 14.2 Å². The van der Waals surface area contributed by atoms with E-state index in [2.05, 4.69) is 13.8 Å². The Labute approximate surface area is 190 Å². The fourth-order valence-electron chi connectivity index (χ4n) is 4.20. The molecule has 0 N–H and O–H groups in total. The number of pyridine rings is 1. The summed E-state index contributed by atoms with van der Waals surface area (Å²) in [5.74, 6) is 0.0730. The van der Waals surface area contributed by atoms with Gasteiger partial charge in [-0.1, -0.05) is 39.0 Å². The number of hydrogen-bond acceptors (Lipinski definition) is 6. The molecular formula is C26H33NO5. The average Bonchev–Trinajstić information content (AvgIpc) is 2.88. The second-order valence-electron chi connectivity index (χ2n) is 8.87. The van der Waals surface area contributed by atoms with Crippen LogP contribution in [0.5, 0.6) is 5.75 Å². The summed E-state index contributed by atoms with van der Waals surface area (Å²) in [5, 5.41) is 0. The van der Waals surface area contributed by atoms with Crippen LogP contribution in [-0.2, 0) is 22.5 Å². The lowest BCUT2D eigenvalue weighted by atomic mass is 9.84. The van der Waals surface area contributed by atoms with Gasteiger partial charge in [0, 0.05) is 29.7 Å². The van der Waals surface area contributed by atoms with Crippen molar-refractivity contribution in [2.24, 2.45) is 5.41 Å². The van der Waals surface area contributed by atoms with Crippen molar-refractivity contribution >= 4 is 11.8 Å². The van der Waals surface area contributed by atoms with Crippen LogP contribution in [0.15, 0.2) is 24.3 Å². The van der Waals surface area contributed by atoms with E-state index in [-0.39, 0.29) is 24.4 Å². The summed E-state index contributed by atoms with van der Waals surface area (Å²) >= 11 is 0. The Balaban J connectivity index is 2.39. The van der Waals surface area contributed by atoms with E-state index >= 15 is 0 Å². The summed E-state index contributed by atoms with van der Waals surface area (Å²) in [6.45, 7) is 9.02. The first kappa shape index (κ1) is 23.9. The Morgan fingerprint density at radius 1 is 1.16 bits per heavy atom. The fraction of sp³-hybridized carbons (Fsp3) is 0.500. The van der Waals surface area contributed by atoms with Crippen molar-refractivity contribution < 1.29 is 23.8 Å². The Hall–Kier alpha value is -2.73. The molecule has 172 valence electrons. The highest BCUT2D eigenvalue weighted by molar-refractivity contribution is 6.10. The van der Waals surface area contributed by atoms with Crippen molar-refractivity contribution in [3.8, 4) is 16.9 Å². The van der Waals surface area contributed by atoms with Gasteiger partial charge in [-0.05, 0) is 37.7 Å². The Morgan fingerprint density at radius 3 is 2.59 bits per heavy atom. The third kappa shape index (κ3) is 5.01. The van der Waals surface area contributed by atoms with E-state index in [9.17, 15) is 9.59 Å². The zero-order valence-electron chi connectivity index (χ0n) is 19.7. The number of methoxy groups -OCH3 is 1. The fourth-order valence-corrected chi connectivity index (χ4v) is 4.20. The van der Waals surface area contributed by atoms with Crippen LogP contribution in [0.2, 0.25) is 0 Å². The third-order valence-corrected chi connectivity index (χ3v) is 5.74. The number of hydrogen-bond donors (Lipinski definition) is 0. The van der Waals surface area contributed by atoms with Crippen LogP contribution < -0.4 is 4.74 Å². The van der Waals surface area contributed by atoms with Crippen molar-refractivity contribution in [1.29, 1.82) is 0 Å². The molecule has 1 aliphatic carbocycles. The maximum Gasteiger partial charge on any atom is 0.340 e. The molecule has 1 aromatic heterocycles. The molecule has 2 aromatic rings. The molecule has 6 nitrogen and oxygen atoms in total. The van der Waals surface area contributed by atoms with E-state index in [4.69, 9.17) is 19.2 Å². The van der Waals surface area contributed by atoms with E-state index in [1.54, 1.807) is 14.0 Å². The predicted octanol–water partition coefficient (Wildman–Crippen LogP) is 5.41. The summed E-state index contributed by atoms with van der Waals surface area (Å²) in [6, 6.07) is 7.44. The number of ether oxygens (including phenoxy) is 3. The first-order chi connectivity index (χ1) is 15.3. The molecule has 0 radical (unpaired) electrons. The number of nitrogens with zero attached hydrogens (tertiary/aromatic N) is 1. The molecule has 32 heavy (non-hydrogen) atoms. The summed E-state index contributed by atoms with van der Waals surface area (Å²) in [7, 11) is 1.58. The Morgan fingerprint density at radius 2 is 1.91 bits per heavy atom. The first-order valence-electron chi connectivity index (χ1n) is 11.3. The van der Waals surface area contributed by atoms with E-state index < -0.39 is 5.97 Å². The zero-order chi connectivity index (χ0) is 23.3. The molecule has 3 rings (SSSR count). The molecule has 0 aliphatic heterocycles. The lowest BCUT2D eigenvalue weighted by molar-refractivity contribution is 0.0518. The standard InChI is InChI=1S/C26H33NO5/c1-6-14-31-16-19-24(25(29)32-7-2)22(17-10-8-9-11-21(17)30-5)23-18(27-19)15-26(3,4)13-12-20(23)28/h8-11H,6-7,12-16H2,1-5H3. The maximum atomic E-state index is 13.4. The lowest BCUT2D eigenvalue weighted by Crippen LogP contribution is -2.20. The minimum absolute atomic E-state index is 0.00874. The quantitative estimate of drug-likeness (QED) is 0.311. The number of carbonyl (C=O) groups is 2. The molecule has 0 spiro atoms.